The number of quaternary nitrogens is 1. The first-order chi connectivity index (χ1) is 32.4. The van der Waals surface area contributed by atoms with Crippen LogP contribution in [0, 0.1) is 11.3 Å². The molecular formula is C50H48Cd2N13S4-. The van der Waals surface area contributed by atoms with Gasteiger partial charge in [0.05, 0.1) is 11.8 Å². The van der Waals surface area contributed by atoms with Crippen molar-refractivity contribution in [3.63, 3.8) is 0 Å². The number of rotatable bonds is 12. The van der Waals surface area contributed by atoms with Gasteiger partial charge in [-0.2, -0.15) is 10.4 Å². The first kappa shape index (κ1) is 59.4. The second-order valence-electron chi connectivity index (χ2n) is 13.8. The molecule has 0 amide bonds. The molecule has 0 spiro atoms. The minimum absolute atomic E-state index is 0. The second-order valence-corrected chi connectivity index (χ2v) is 15.4. The number of nitrogens with zero attached hydrogens (tertiary/aromatic N) is 9. The van der Waals surface area contributed by atoms with Crippen molar-refractivity contribution in [2.75, 3.05) is 16.0 Å². The molecule has 5 N–H and O–H groups in total. The molecule has 6 aromatic carbocycles. The number of benzene rings is 6. The van der Waals surface area contributed by atoms with Crippen LogP contribution < -0.4 is 21.3 Å². The number of nitriles is 1. The van der Waals surface area contributed by atoms with Crippen LogP contribution in [0.5, 0.6) is 0 Å². The van der Waals surface area contributed by atoms with E-state index < -0.39 is 0 Å². The van der Waals surface area contributed by atoms with Crippen LogP contribution in [0.15, 0.2) is 195 Å². The van der Waals surface area contributed by atoms with Crippen molar-refractivity contribution in [3.05, 3.63) is 208 Å². The summed E-state index contributed by atoms with van der Waals surface area (Å²) in [6, 6.07) is 56.1. The van der Waals surface area contributed by atoms with E-state index in [0.717, 1.165) is 67.9 Å². The van der Waals surface area contributed by atoms with Crippen LogP contribution in [-0.2, 0) is 67.2 Å². The molecule has 13 nitrogen and oxygen atoms in total. The standard InChI is InChI=1S/2C24H24N6S2.C2H3N.2Cd/c2*1-17(27-29-23(31)25-21-12-5-3-6-13-21)19-10-9-11-20(16-19)18(2)28-30-24(32)26-22-14-7-4-8-15-22;1-2-3;;/h2*3-16H,1-2H3,(H4,25,26,29,30,31,32);1H3;;/q;;;;+2/p-3/b2*27-17+,28-18+;;;. The molecule has 0 aliphatic rings. The third-order valence-electron chi connectivity index (χ3n) is 8.73. The van der Waals surface area contributed by atoms with Crippen molar-refractivity contribution in [2.24, 2.45) is 25.5 Å². The molecule has 19 heteroatoms. The van der Waals surface area contributed by atoms with Crippen molar-refractivity contribution in [1.82, 2.24) is 0 Å². The molecule has 0 atom stereocenters. The number of nitrogens with two attached hydrogens (primary N) is 1. The van der Waals surface area contributed by atoms with Gasteiger partial charge in [0.1, 0.15) is 10.9 Å². The maximum atomic E-state index is 7.32. The first-order valence-electron chi connectivity index (χ1n) is 20.5. The molecule has 0 radical (unpaired) electrons. The third kappa shape index (κ3) is 23.4. The number of amidine groups is 1. The van der Waals surface area contributed by atoms with Gasteiger partial charge in [-0.05, 0) is 91.3 Å². The number of hydrogen-bond donors (Lipinski definition) is 4. The van der Waals surface area contributed by atoms with Crippen LogP contribution in [0.3, 0.4) is 0 Å². The van der Waals surface area contributed by atoms with E-state index in [1.54, 1.807) is 6.07 Å². The Morgan fingerprint density at radius 3 is 1.10 bits per heavy atom. The van der Waals surface area contributed by atoms with E-state index in [2.05, 4.69) is 57.7 Å². The van der Waals surface area contributed by atoms with Gasteiger partial charge < -0.3 is 44.9 Å². The van der Waals surface area contributed by atoms with Gasteiger partial charge in [-0.15, -0.1) is 5.10 Å². The smallest absolute Gasteiger partial charge is 0.698 e. The number of nitrogens with one attached hydrogen (secondary N) is 3. The molecule has 69 heavy (non-hydrogen) atoms. The average molecular weight is 1180 g/mol. The summed E-state index contributed by atoms with van der Waals surface area (Å²) in [4.78, 5) is 0. The van der Waals surface area contributed by atoms with E-state index in [1.165, 1.54) is 6.92 Å². The van der Waals surface area contributed by atoms with Gasteiger partial charge in [0.25, 0.3) is 0 Å². The molecule has 0 saturated carbocycles. The fraction of sp³-hybridized carbons (Fsp3) is 0.100. The van der Waals surface area contributed by atoms with Crippen molar-refractivity contribution in [2.45, 2.75) is 34.6 Å². The minimum Gasteiger partial charge on any atom is -0.698 e. The largest absolute Gasteiger partial charge is 2.00 e. The molecule has 0 aliphatic carbocycles. The van der Waals surface area contributed by atoms with Crippen molar-refractivity contribution in [1.29, 1.82) is 5.26 Å². The van der Waals surface area contributed by atoms with E-state index in [1.807, 2.05) is 203 Å². The zero-order valence-corrected chi connectivity index (χ0v) is 50.2. The second kappa shape index (κ2) is 33.7. The molecule has 0 aromatic heterocycles. The van der Waals surface area contributed by atoms with Gasteiger partial charge in [0.15, 0.2) is 0 Å². The van der Waals surface area contributed by atoms with Crippen molar-refractivity contribution < 1.29 is 59.9 Å². The molecular weight excluding hydrogens is 1140 g/mol. The fourth-order valence-electron chi connectivity index (χ4n) is 5.39. The van der Waals surface area contributed by atoms with Crippen LogP contribution in [0.4, 0.5) is 22.7 Å². The fourth-order valence-corrected chi connectivity index (χ4v) is 6.04. The SMILES string of the molecule is C/C(=N\N=C(/[S-])[NH2+]c1ccccc1)c1cccc(/C(C)=N/[N-]C(=S)Nc2ccccc2)c1.C/C(=N\[N-]C(=S)Nc1ccccc1)c1cccc(/C(C)=N/[N-]C(=S)Nc2ccccc2)c1.CC#N.[Cd+2].[Cd]. The predicted molar refractivity (Wildman–Crippen MR) is 294 cm³/mol. The van der Waals surface area contributed by atoms with Crippen molar-refractivity contribution >= 4 is 115 Å². The Kier molecular flexibility index (Phi) is 29.0. The van der Waals surface area contributed by atoms with Gasteiger partial charge in [0, 0.05) is 66.7 Å². The zero-order chi connectivity index (χ0) is 48.2. The van der Waals surface area contributed by atoms with Crippen LogP contribution in [0.25, 0.3) is 16.3 Å². The van der Waals surface area contributed by atoms with Gasteiger partial charge in [0.2, 0.25) is 0 Å². The monoisotopic (exact) mass is 1190 g/mol. The Hall–Kier alpha value is -5.75. The summed E-state index contributed by atoms with van der Waals surface area (Å²) in [5.74, 6) is 0. The summed E-state index contributed by atoms with van der Waals surface area (Å²) in [5, 5.41) is 40.8. The van der Waals surface area contributed by atoms with E-state index in [9.17, 15) is 0 Å². The average Bonchev–Trinajstić information content (AvgIpc) is 3.35. The summed E-state index contributed by atoms with van der Waals surface area (Å²) in [5.41, 5.74) is 22.5. The van der Waals surface area contributed by atoms with Crippen molar-refractivity contribution in [3.8, 4) is 6.07 Å². The Labute approximate surface area is 466 Å². The molecule has 0 aliphatic heterocycles. The molecule has 0 bridgehead atoms. The summed E-state index contributed by atoms with van der Waals surface area (Å²) < 4.78 is 0. The van der Waals surface area contributed by atoms with Crippen LogP contribution >= 0.6 is 36.7 Å². The first-order valence-corrected chi connectivity index (χ1v) is 22.1. The molecule has 342 valence electrons. The zero-order valence-electron chi connectivity index (χ0n) is 38.8. The normalized spacial score (nSPS) is 11.2. The molecule has 6 aromatic rings. The van der Waals surface area contributed by atoms with Gasteiger partial charge in [-0.3, -0.25) is 20.6 Å². The number of thiocarbonyl (C=S) groups is 3. The van der Waals surface area contributed by atoms with E-state index in [4.69, 9.17) is 54.5 Å². The molecule has 0 unspecified atom stereocenters. The van der Waals surface area contributed by atoms with E-state index >= 15 is 0 Å². The molecule has 0 saturated heterocycles. The maximum Gasteiger partial charge on any atom is 2.00 e. The number of anilines is 3. The number of hydrogen-bond acceptors (Lipinski definition) is 10. The van der Waals surface area contributed by atoms with E-state index in [0.29, 0.717) is 20.5 Å². The predicted octanol–water partition coefficient (Wildman–Crippen LogP) is 11.9. The Balaban J connectivity index is 0.000000436. The Bertz CT molecular complexity index is 2660. The molecule has 0 heterocycles. The Morgan fingerprint density at radius 1 is 0.493 bits per heavy atom. The minimum atomic E-state index is 0. The van der Waals surface area contributed by atoms with Gasteiger partial charge >= 0.3 is 27.3 Å². The summed E-state index contributed by atoms with van der Waals surface area (Å²) in [6.45, 7) is 8.96. The van der Waals surface area contributed by atoms with Gasteiger partial charge in [-0.1, -0.05) is 182 Å². The Morgan fingerprint density at radius 2 is 0.783 bits per heavy atom. The van der Waals surface area contributed by atoms with Gasteiger partial charge in [-0.25, -0.2) is 0 Å². The summed E-state index contributed by atoms with van der Waals surface area (Å²) in [6.07, 6.45) is 0. The van der Waals surface area contributed by atoms with Crippen LogP contribution in [0.1, 0.15) is 56.9 Å². The summed E-state index contributed by atoms with van der Waals surface area (Å²) >= 11 is 21.0. The van der Waals surface area contributed by atoms with E-state index in [-0.39, 0.29) is 54.6 Å². The maximum absolute atomic E-state index is 7.32. The third-order valence-corrected chi connectivity index (χ3v) is 9.48. The molecule has 0 fully saturated rings. The van der Waals surface area contributed by atoms with Crippen LogP contribution in [0.2, 0.25) is 0 Å². The molecule has 6 rings (SSSR count). The topological polar surface area (TPSA) is 181 Å². The summed E-state index contributed by atoms with van der Waals surface area (Å²) in [7, 11) is 0. The number of para-hydroxylation sites is 4. The quantitative estimate of drug-likeness (QED) is 0.0178. The van der Waals surface area contributed by atoms with Crippen LogP contribution in [-0.4, -0.2) is 43.4 Å².